The Hall–Kier alpha value is -2.04. The molecule has 5 heteroatoms. The van der Waals surface area contributed by atoms with E-state index < -0.39 is 0 Å². The van der Waals surface area contributed by atoms with E-state index in [4.69, 9.17) is 0 Å². The largest absolute Gasteiger partial charge is 0.377 e. The fraction of sp³-hybridized carbons (Fsp3) is 0.680. The lowest BCUT2D eigenvalue weighted by Gasteiger charge is -2.33. The number of nitrogens with zero attached hydrogens (tertiary/aromatic N) is 2. The molecule has 1 aromatic rings. The minimum absolute atomic E-state index is 0.00800. The molecule has 1 aromatic carbocycles. The van der Waals surface area contributed by atoms with Crippen LogP contribution in [0.5, 0.6) is 0 Å². The summed E-state index contributed by atoms with van der Waals surface area (Å²) in [6.07, 6.45) is 1.87. The summed E-state index contributed by atoms with van der Waals surface area (Å²) in [6, 6.07) is 6.11. The van der Waals surface area contributed by atoms with Crippen LogP contribution < -0.4 is 10.2 Å². The molecule has 0 radical (unpaired) electrons. The van der Waals surface area contributed by atoms with Gasteiger partial charge in [-0.1, -0.05) is 48.5 Å². The molecule has 1 N–H and O–H groups in total. The van der Waals surface area contributed by atoms with Crippen molar-refractivity contribution in [3.63, 3.8) is 0 Å². The smallest absolute Gasteiger partial charge is 0.224 e. The molecular formula is C25H43N3O2. The highest BCUT2D eigenvalue weighted by atomic mass is 16.2. The Labute approximate surface area is 184 Å². The van der Waals surface area contributed by atoms with E-state index in [0.29, 0.717) is 19.4 Å². The third-order valence-electron chi connectivity index (χ3n) is 5.00. The molecule has 0 fully saturated rings. The normalized spacial score (nSPS) is 13.0. The van der Waals surface area contributed by atoms with Gasteiger partial charge >= 0.3 is 0 Å². The Kier molecular flexibility index (Phi) is 8.94. The summed E-state index contributed by atoms with van der Waals surface area (Å²) < 4.78 is 0. The van der Waals surface area contributed by atoms with E-state index in [-0.39, 0.29) is 28.7 Å². The predicted octanol–water partition coefficient (Wildman–Crippen LogP) is 5.69. The Morgan fingerprint density at radius 3 is 2.03 bits per heavy atom. The number of hydrogen-bond donors (Lipinski definition) is 1. The van der Waals surface area contributed by atoms with Crippen LogP contribution >= 0.6 is 0 Å². The Morgan fingerprint density at radius 2 is 1.57 bits per heavy atom. The molecule has 1 atom stereocenters. The zero-order chi connectivity index (χ0) is 23.3. The van der Waals surface area contributed by atoms with Gasteiger partial charge in [-0.15, -0.1) is 0 Å². The van der Waals surface area contributed by atoms with Crippen molar-refractivity contribution in [1.29, 1.82) is 0 Å². The lowest BCUT2D eigenvalue weighted by Crippen LogP contribution is -2.39. The lowest BCUT2D eigenvalue weighted by molar-refractivity contribution is -0.136. The monoisotopic (exact) mass is 417 g/mol. The summed E-state index contributed by atoms with van der Waals surface area (Å²) in [5, 5.41) is 3.03. The van der Waals surface area contributed by atoms with E-state index in [1.54, 1.807) is 0 Å². The molecular weight excluding hydrogens is 374 g/mol. The zero-order valence-electron chi connectivity index (χ0n) is 20.8. The molecule has 30 heavy (non-hydrogen) atoms. The predicted molar refractivity (Wildman–Crippen MR) is 128 cm³/mol. The fourth-order valence-corrected chi connectivity index (χ4v) is 3.36. The Bertz CT molecular complexity index is 727. The zero-order valence-corrected chi connectivity index (χ0v) is 20.8. The average molecular weight is 418 g/mol. The number of rotatable bonds is 8. The number of carbonyl (C=O) groups excluding carboxylic acids is 2. The summed E-state index contributed by atoms with van der Waals surface area (Å²) >= 11 is 0. The van der Waals surface area contributed by atoms with E-state index >= 15 is 0 Å². The highest BCUT2D eigenvalue weighted by molar-refractivity contribution is 5.91. The minimum Gasteiger partial charge on any atom is -0.377 e. The van der Waals surface area contributed by atoms with Gasteiger partial charge in [0.05, 0.1) is 0 Å². The molecule has 2 amide bonds. The molecule has 0 aliphatic carbocycles. The highest BCUT2D eigenvalue weighted by Gasteiger charge is 2.25. The molecule has 0 aromatic heterocycles. The van der Waals surface area contributed by atoms with E-state index in [1.807, 2.05) is 37.2 Å². The van der Waals surface area contributed by atoms with Crippen LogP contribution in [0.2, 0.25) is 0 Å². The second kappa shape index (κ2) is 10.3. The summed E-state index contributed by atoms with van der Waals surface area (Å²) in [6.45, 7) is 17.2. The first kappa shape index (κ1) is 26.0. The third kappa shape index (κ3) is 8.76. The van der Waals surface area contributed by atoms with Crippen molar-refractivity contribution in [2.24, 2.45) is 10.8 Å². The first-order chi connectivity index (χ1) is 13.6. The molecule has 170 valence electrons. The van der Waals surface area contributed by atoms with Crippen molar-refractivity contribution < 1.29 is 9.59 Å². The van der Waals surface area contributed by atoms with Crippen LogP contribution in [0.15, 0.2) is 18.2 Å². The van der Waals surface area contributed by atoms with Crippen LogP contribution in [0.4, 0.5) is 11.4 Å². The molecule has 0 unspecified atom stereocenters. The van der Waals surface area contributed by atoms with Gasteiger partial charge in [0, 0.05) is 50.9 Å². The van der Waals surface area contributed by atoms with E-state index in [1.165, 1.54) is 0 Å². The van der Waals surface area contributed by atoms with Gasteiger partial charge in [-0.3, -0.25) is 9.59 Å². The number of benzene rings is 1. The minimum atomic E-state index is -0.0662. The van der Waals surface area contributed by atoms with E-state index in [2.05, 4.69) is 65.6 Å². The van der Waals surface area contributed by atoms with E-state index in [0.717, 1.165) is 23.4 Å². The molecule has 5 nitrogen and oxygen atoms in total. The summed E-state index contributed by atoms with van der Waals surface area (Å²) in [4.78, 5) is 29.6. The van der Waals surface area contributed by atoms with Gasteiger partial charge < -0.3 is 15.1 Å². The standard InChI is InChI=1S/C25H43N3O2/c1-11-18(2)28(23(30)16-25(6,7)8)17-19-14-20(12-13-21(19)27(9)10)26-22(29)15-24(3,4)5/h12-14,18H,11,15-17H2,1-10H3,(H,26,29)/t18-/m0/s1. The second-order valence-corrected chi connectivity index (χ2v) is 11.0. The number of amides is 2. The van der Waals surface area contributed by atoms with Crippen molar-refractivity contribution >= 4 is 23.2 Å². The van der Waals surface area contributed by atoms with E-state index in [9.17, 15) is 9.59 Å². The van der Waals surface area contributed by atoms with Crippen LogP contribution in [-0.4, -0.2) is 36.9 Å². The van der Waals surface area contributed by atoms with Crippen LogP contribution in [-0.2, 0) is 16.1 Å². The molecule has 0 heterocycles. The van der Waals surface area contributed by atoms with Crippen LogP contribution in [0, 0.1) is 10.8 Å². The van der Waals surface area contributed by atoms with Crippen LogP contribution in [0.1, 0.15) is 80.2 Å². The van der Waals surface area contributed by atoms with Crippen molar-refractivity contribution in [2.75, 3.05) is 24.3 Å². The maximum Gasteiger partial charge on any atom is 0.224 e. The maximum atomic E-state index is 13.1. The van der Waals surface area contributed by atoms with Gasteiger partial charge in [-0.05, 0) is 47.9 Å². The highest BCUT2D eigenvalue weighted by Crippen LogP contribution is 2.28. The molecule has 0 aliphatic rings. The van der Waals surface area contributed by atoms with Crippen molar-refractivity contribution in [3.05, 3.63) is 23.8 Å². The fourth-order valence-electron chi connectivity index (χ4n) is 3.36. The summed E-state index contributed by atoms with van der Waals surface area (Å²) in [5.74, 6) is 0.178. The first-order valence-electron chi connectivity index (χ1n) is 11.0. The quantitative estimate of drug-likeness (QED) is 0.591. The van der Waals surface area contributed by atoms with Gasteiger partial charge in [0.15, 0.2) is 0 Å². The van der Waals surface area contributed by atoms with Crippen LogP contribution in [0.3, 0.4) is 0 Å². The second-order valence-electron chi connectivity index (χ2n) is 11.0. The van der Waals surface area contributed by atoms with Crippen molar-refractivity contribution in [3.8, 4) is 0 Å². The molecule has 1 rings (SSSR count). The Morgan fingerprint density at radius 1 is 1.00 bits per heavy atom. The van der Waals surface area contributed by atoms with Gasteiger partial charge in [0.1, 0.15) is 0 Å². The number of carbonyl (C=O) groups is 2. The molecule has 0 spiro atoms. The Balaban J connectivity index is 3.20. The average Bonchev–Trinajstić information content (AvgIpc) is 2.55. The van der Waals surface area contributed by atoms with Crippen LogP contribution in [0.25, 0.3) is 0 Å². The van der Waals surface area contributed by atoms with Crippen molar-refractivity contribution in [2.45, 2.75) is 87.2 Å². The third-order valence-corrected chi connectivity index (χ3v) is 5.00. The topological polar surface area (TPSA) is 52.7 Å². The van der Waals surface area contributed by atoms with Crippen molar-refractivity contribution in [1.82, 2.24) is 4.90 Å². The molecule has 0 aliphatic heterocycles. The first-order valence-corrected chi connectivity index (χ1v) is 11.0. The SMILES string of the molecule is CC[C@H](C)N(Cc1cc(NC(=O)CC(C)(C)C)ccc1N(C)C)C(=O)CC(C)(C)C. The van der Waals surface area contributed by atoms with Gasteiger partial charge in [-0.2, -0.15) is 0 Å². The number of anilines is 2. The molecule has 0 saturated heterocycles. The molecule has 0 bridgehead atoms. The van der Waals surface area contributed by atoms with Gasteiger partial charge in [0.2, 0.25) is 11.8 Å². The van der Waals surface area contributed by atoms with Gasteiger partial charge in [-0.25, -0.2) is 0 Å². The lowest BCUT2D eigenvalue weighted by atomic mass is 9.91. The summed E-state index contributed by atoms with van der Waals surface area (Å²) in [7, 11) is 4.00. The molecule has 0 saturated carbocycles. The van der Waals surface area contributed by atoms with Gasteiger partial charge in [0.25, 0.3) is 0 Å². The maximum absolute atomic E-state index is 13.1. The number of hydrogen-bond acceptors (Lipinski definition) is 3. The summed E-state index contributed by atoms with van der Waals surface area (Å²) in [5.41, 5.74) is 2.74. The number of nitrogens with one attached hydrogen (secondary N) is 1.